The Hall–Kier alpha value is -2.48. The molecule has 0 bridgehead atoms. The van der Waals surface area contributed by atoms with Crippen LogP contribution in [-0.2, 0) is 16.0 Å². The number of amides is 1. The molecule has 0 radical (unpaired) electrons. The Labute approximate surface area is 194 Å². The quantitative estimate of drug-likeness (QED) is 0.442. The Bertz CT molecular complexity index is 927. The van der Waals surface area contributed by atoms with Crippen molar-refractivity contribution in [3.05, 3.63) is 35.7 Å². The van der Waals surface area contributed by atoms with Crippen molar-refractivity contribution in [2.24, 2.45) is 11.8 Å². The van der Waals surface area contributed by atoms with Crippen molar-refractivity contribution in [1.29, 1.82) is 0 Å². The number of hydrogen-bond acceptors (Lipinski definition) is 6. The first kappa shape index (κ1) is 25.8. The van der Waals surface area contributed by atoms with Gasteiger partial charge in [-0.05, 0) is 50.8 Å². The summed E-state index contributed by atoms with van der Waals surface area (Å²) in [6, 6.07) is 7.50. The molecule has 7 nitrogen and oxygen atoms in total. The Kier molecular flexibility index (Phi) is 8.78. The third-order valence-electron chi connectivity index (χ3n) is 4.65. The molecule has 0 spiro atoms. The first-order valence-corrected chi connectivity index (χ1v) is 11.7. The minimum absolute atomic E-state index is 0.0760. The van der Waals surface area contributed by atoms with Crippen LogP contribution in [0.3, 0.4) is 0 Å². The van der Waals surface area contributed by atoms with Crippen molar-refractivity contribution in [1.82, 2.24) is 5.16 Å². The van der Waals surface area contributed by atoms with Gasteiger partial charge in [-0.3, -0.25) is 9.59 Å². The number of thioether (sulfide) groups is 1. The zero-order chi connectivity index (χ0) is 24.1. The Morgan fingerprint density at radius 2 is 1.78 bits per heavy atom. The second-order valence-electron chi connectivity index (χ2n) is 9.45. The summed E-state index contributed by atoms with van der Waals surface area (Å²) >= 11 is 1.25. The number of aromatic nitrogens is 1. The number of aryl methyl sites for hydroxylation is 1. The molecule has 1 amide bonds. The number of rotatable bonds is 11. The summed E-state index contributed by atoms with van der Waals surface area (Å²) in [6.45, 7) is 15.5. The van der Waals surface area contributed by atoms with Gasteiger partial charge in [0.25, 0.3) is 0 Å². The molecule has 1 aromatic heterocycles. The first-order chi connectivity index (χ1) is 14.9. The molecule has 0 aliphatic rings. The van der Waals surface area contributed by atoms with E-state index in [4.69, 9.17) is 4.52 Å². The Morgan fingerprint density at radius 1 is 1.16 bits per heavy atom. The lowest BCUT2D eigenvalue weighted by atomic mass is 10.1. The van der Waals surface area contributed by atoms with Gasteiger partial charge in [0.2, 0.25) is 5.91 Å². The van der Waals surface area contributed by atoms with Gasteiger partial charge in [-0.2, -0.15) is 0 Å². The summed E-state index contributed by atoms with van der Waals surface area (Å²) in [6.07, 6.45) is 0.0760. The van der Waals surface area contributed by atoms with Gasteiger partial charge in [0.1, 0.15) is 10.5 Å². The number of anilines is 2. The summed E-state index contributed by atoms with van der Waals surface area (Å²) in [4.78, 5) is 27.4. The lowest BCUT2D eigenvalue weighted by Crippen LogP contribution is -2.32. The first-order valence-electron chi connectivity index (χ1n) is 10.9. The predicted molar refractivity (Wildman–Crippen MR) is 129 cm³/mol. The van der Waals surface area contributed by atoms with Gasteiger partial charge in [0.15, 0.2) is 0 Å². The fourth-order valence-electron chi connectivity index (χ4n) is 3.30. The molecule has 2 aromatic rings. The van der Waals surface area contributed by atoms with Gasteiger partial charge in [-0.15, -0.1) is 11.8 Å². The standard InChI is InChI=1S/C24H35N3O4S/c1-15(2)13-27(14-16(3)4)21-9-8-19(32-24(6,7)23(29)30)12-20(21)25-22(28)11-18-10-17(5)26-31-18/h8-10,12,15-16H,11,13-14H2,1-7H3,(H,25,28)(H,29,30). The van der Waals surface area contributed by atoms with Gasteiger partial charge < -0.3 is 19.8 Å². The fourth-order valence-corrected chi connectivity index (χ4v) is 4.29. The van der Waals surface area contributed by atoms with E-state index in [2.05, 4.69) is 43.1 Å². The van der Waals surface area contributed by atoms with Crippen LogP contribution in [0, 0.1) is 18.8 Å². The van der Waals surface area contributed by atoms with E-state index in [0.29, 0.717) is 23.3 Å². The molecular formula is C24H35N3O4S. The fraction of sp³-hybridized carbons (Fsp3) is 0.542. The molecule has 32 heavy (non-hydrogen) atoms. The van der Waals surface area contributed by atoms with E-state index >= 15 is 0 Å². The molecule has 8 heteroatoms. The average molecular weight is 462 g/mol. The van der Waals surface area contributed by atoms with Gasteiger partial charge in [-0.1, -0.05) is 32.9 Å². The molecule has 0 fully saturated rings. The number of aliphatic carboxylic acids is 1. The normalized spacial score (nSPS) is 11.8. The minimum atomic E-state index is -0.990. The highest BCUT2D eigenvalue weighted by molar-refractivity contribution is 8.01. The molecule has 0 saturated heterocycles. The summed E-state index contributed by atoms with van der Waals surface area (Å²) < 4.78 is 4.19. The summed E-state index contributed by atoms with van der Waals surface area (Å²) in [5, 5.41) is 16.4. The van der Waals surface area contributed by atoms with Crippen molar-refractivity contribution in [3.8, 4) is 0 Å². The molecular weight excluding hydrogens is 426 g/mol. The summed E-state index contributed by atoms with van der Waals surface area (Å²) in [5.74, 6) is 0.277. The highest BCUT2D eigenvalue weighted by atomic mass is 32.2. The number of benzene rings is 1. The molecule has 176 valence electrons. The lowest BCUT2D eigenvalue weighted by molar-refractivity contribution is -0.138. The van der Waals surface area contributed by atoms with Crippen molar-refractivity contribution in [3.63, 3.8) is 0 Å². The van der Waals surface area contributed by atoms with E-state index in [1.807, 2.05) is 25.1 Å². The van der Waals surface area contributed by atoms with E-state index in [1.165, 1.54) is 11.8 Å². The maximum Gasteiger partial charge on any atom is 0.319 e. The van der Waals surface area contributed by atoms with Gasteiger partial charge in [0.05, 0.1) is 23.5 Å². The average Bonchev–Trinajstić information content (AvgIpc) is 3.04. The van der Waals surface area contributed by atoms with Crippen LogP contribution >= 0.6 is 11.8 Å². The number of carbonyl (C=O) groups excluding carboxylic acids is 1. The van der Waals surface area contributed by atoms with Crippen LogP contribution in [0.25, 0.3) is 0 Å². The minimum Gasteiger partial charge on any atom is -0.480 e. The number of nitrogens with one attached hydrogen (secondary N) is 1. The van der Waals surface area contributed by atoms with Crippen LogP contribution in [0.4, 0.5) is 11.4 Å². The maximum atomic E-state index is 12.8. The number of carboxylic acids is 1. The molecule has 1 heterocycles. The van der Waals surface area contributed by atoms with Crippen molar-refractivity contribution >= 4 is 35.0 Å². The van der Waals surface area contributed by atoms with E-state index in [1.54, 1.807) is 19.9 Å². The van der Waals surface area contributed by atoms with Crippen LogP contribution in [0.1, 0.15) is 53.0 Å². The second kappa shape index (κ2) is 10.9. The largest absolute Gasteiger partial charge is 0.480 e. The Morgan fingerprint density at radius 3 is 2.28 bits per heavy atom. The maximum absolute atomic E-state index is 12.8. The van der Waals surface area contributed by atoms with Crippen LogP contribution < -0.4 is 10.2 Å². The summed E-state index contributed by atoms with van der Waals surface area (Å²) in [7, 11) is 0. The Balaban J connectivity index is 2.39. The van der Waals surface area contributed by atoms with Crippen LogP contribution in [0.15, 0.2) is 33.7 Å². The van der Waals surface area contributed by atoms with Gasteiger partial charge in [-0.25, -0.2) is 0 Å². The van der Waals surface area contributed by atoms with Crippen LogP contribution in [0.5, 0.6) is 0 Å². The number of nitrogens with zero attached hydrogens (tertiary/aromatic N) is 2. The number of carboxylic acid groups (broad SMARTS) is 1. The van der Waals surface area contributed by atoms with Crippen molar-refractivity contribution in [2.75, 3.05) is 23.3 Å². The highest BCUT2D eigenvalue weighted by Gasteiger charge is 2.29. The third kappa shape index (κ3) is 7.58. The molecule has 2 N–H and O–H groups in total. The topological polar surface area (TPSA) is 95.7 Å². The highest BCUT2D eigenvalue weighted by Crippen LogP contribution is 2.38. The molecule has 0 atom stereocenters. The van der Waals surface area contributed by atoms with E-state index in [-0.39, 0.29) is 12.3 Å². The van der Waals surface area contributed by atoms with Crippen molar-refractivity contribution < 1.29 is 19.2 Å². The molecule has 2 rings (SSSR count). The SMILES string of the molecule is Cc1cc(CC(=O)Nc2cc(SC(C)(C)C(=O)O)ccc2N(CC(C)C)CC(C)C)on1. The number of hydrogen-bond donors (Lipinski definition) is 2. The van der Waals surface area contributed by atoms with E-state index in [0.717, 1.165) is 29.4 Å². The zero-order valence-corrected chi connectivity index (χ0v) is 20.9. The molecule has 0 saturated carbocycles. The molecule has 0 aliphatic carbocycles. The van der Waals surface area contributed by atoms with Crippen LogP contribution in [-0.4, -0.2) is 40.0 Å². The lowest BCUT2D eigenvalue weighted by Gasteiger charge is -2.31. The molecule has 0 aliphatic heterocycles. The molecule has 1 aromatic carbocycles. The smallest absolute Gasteiger partial charge is 0.319 e. The number of carbonyl (C=O) groups is 2. The van der Waals surface area contributed by atoms with E-state index in [9.17, 15) is 14.7 Å². The second-order valence-corrected chi connectivity index (χ2v) is 11.1. The monoisotopic (exact) mass is 461 g/mol. The predicted octanol–water partition coefficient (Wildman–Crippen LogP) is 5.24. The van der Waals surface area contributed by atoms with Gasteiger partial charge >= 0.3 is 5.97 Å². The van der Waals surface area contributed by atoms with Gasteiger partial charge in [0, 0.05) is 24.1 Å². The van der Waals surface area contributed by atoms with Crippen molar-refractivity contribution in [2.45, 2.75) is 64.5 Å². The molecule has 0 unspecified atom stereocenters. The zero-order valence-electron chi connectivity index (χ0n) is 20.1. The van der Waals surface area contributed by atoms with E-state index < -0.39 is 10.7 Å². The van der Waals surface area contributed by atoms with Crippen LogP contribution in [0.2, 0.25) is 0 Å². The summed E-state index contributed by atoms with van der Waals surface area (Å²) in [5.41, 5.74) is 2.31. The third-order valence-corrected chi connectivity index (χ3v) is 5.83.